The van der Waals surface area contributed by atoms with Crippen molar-refractivity contribution in [3.63, 3.8) is 0 Å². The highest BCUT2D eigenvalue weighted by atomic mass is 16.5. The number of rotatable bonds is 17. The first kappa shape index (κ1) is 29.1. The number of unbranched alkanes of at least 4 members (excludes halogenated alkanes) is 4. The monoisotopic (exact) mass is 499 g/mol. The van der Waals surface area contributed by atoms with Crippen molar-refractivity contribution < 1.29 is 29.0 Å². The van der Waals surface area contributed by atoms with Gasteiger partial charge in [-0.3, -0.25) is 14.4 Å². The number of Topliss-reactive ketones (excluding diaryl/α,β-unsaturated/α-hetero) is 1. The van der Waals surface area contributed by atoms with Crippen molar-refractivity contribution in [2.45, 2.75) is 70.6 Å². The van der Waals surface area contributed by atoms with Gasteiger partial charge in [0.1, 0.15) is 11.5 Å². The fourth-order valence-corrected chi connectivity index (χ4v) is 4.19. The molecule has 7 nitrogen and oxygen atoms in total. The van der Waals surface area contributed by atoms with Crippen molar-refractivity contribution in [3.05, 3.63) is 53.3 Å². The maximum absolute atomic E-state index is 12.6. The maximum atomic E-state index is 12.6. The summed E-state index contributed by atoms with van der Waals surface area (Å²) in [5.74, 6) is -0.131. The average Bonchev–Trinajstić information content (AvgIpc) is 2.86. The van der Waals surface area contributed by atoms with Crippen molar-refractivity contribution in [1.82, 2.24) is 4.90 Å². The molecule has 2 rings (SSSR count). The van der Waals surface area contributed by atoms with E-state index in [1.807, 2.05) is 12.1 Å². The lowest BCUT2D eigenvalue weighted by Crippen LogP contribution is -2.21. The summed E-state index contributed by atoms with van der Waals surface area (Å²) >= 11 is 0. The molecule has 0 bridgehead atoms. The van der Waals surface area contributed by atoms with Gasteiger partial charge in [0.05, 0.1) is 19.6 Å². The molecular formula is C29H41NO6. The van der Waals surface area contributed by atoms with E-state index in [1.54, 1.807) is 38.3 Å². The number of hydrogen-bond donors (Lipinski definition) is 1. The molecule has 36 heavy (non-hydrogen) atoms. The molecule has 0 saturated heterocycles. The zero-order chi connectivity index (χ0) is 26.3. The molecule has 1 aliphatic carbocycles. The Morgan fingerprint density at radius 3 is 2.42 bits per heavy atom. The van der Waals surface area contributed by atoms with Crippen LogP contribution < -0.4 is 4.74 Å². The minimum Gasteiger partial charge on any atom is -0.497 e. The number of ketones is 1. The van der Waals surface area contributed by atoms with Gasteiger partial charge in [-0.2, -0.15) is 0 Å². The molecule has 0 radical (unpaired) electrons. The van der Waals surface area contributed by atoms with Crippen LogP contribution in [0.3, 0.4) is 0 Å². The number of carbonyl (C=O) groups excluding carboxylic acids is 2. The Morgan fingerprint density at radius 2 is 1.75 bits per heavy atom. The van der Waals surface area contributed by atoms with Gasteiger partial charge in [-0.1, -0.05) is 37.5 Å². The van der Waals surface area contributed by atoms with E-state index < -0.39 is 11.9 Å². The number of aliphatic carboxylic acids is 1. The number of hydrogen-bond acceptors (Lipinski definition) is 5. The summed E-state index contributed by atoms with van der Waals surface area (Å²) in [6, 6.07) is 8.08. The largest absolute Gasteiger partial charge is 0.497 e. The zero-order valence-corrected chi connectivity index (χ0v) is 22.0. The summed E-state index contributed by atoms with van der Waals surface area (Å²) in [5.41, 5.74) is 1.75. The summed E-state index contributed by atoms with van der Waals surface area (Å²) in [7, 11) is 5.12. The summed E-state index contributed by atoms with van der Waals surface area (Å²) in [6.45, 7) is 0.392. The fraction of sp³-hybridized carbons (Fsp3) is 0.552. The first-order valence-corrected chi connectivity index (χ1v) is 12.9. The Morgan fingerprint density at radius 1 is 1.03 bits per heavy atom. The Hall–Kier alpha value is -3.09. The molecule has 0 aromatic heterocycles. The second-order valence-electron chi connectivity index (χ2n) is 9.51. The highest BCUT2D eigenvalue weighted by Gasteiger charge is 2.26. The summed E-state index contributed by atoms with van der Waals surface area (Å²) in [4.78, 5) is 37.7. The van der Waals surface area contributed by atoms with Gasteiger partial charge in [-0.25, -0.2) is 0 Å². The number of nitrogens with zero attached hydrogens (tertiary/aromatic N) is 1. The molecule has 7 heteroatoms. The SMILES string of the molecule is COc1ccc(CCCCCCC(CC2=C(OCCCCC(=O)N(C)C)C=CCC2=O)C(=O)O)cc1. The summed E-state index contributed by atoms with van der Waals surface area (Å²) < 4.78 is 11.0. The first-order valence-electron chi connectivity index (χ1n) is 12.9. The van der Waals surface area contributed by atoms with Crippen LogP contribution in [0, 0.1) is 5.92 Å². The lowest BCUT2D eigenvalue weighted by molar-refractivity contribution is -0.142. The van der Waals surface area contributed by atoms with Gasteiger partial charge in [0.15, 0.2) is 5.78 Å². The van der Waals surface area contributed by atoms with Gasteiger partial charge in [0, 0.05) is 32.5 Å². The molecule has 1 unspecified atom stereocenters. The van der Waals surface area contributed by atoms with Gasteiger partial charge in [-0.05, 0) is 62.3 Å². The standard InChI is InChI=1S/C29H41NO6/c1-30(2)28(32)15-8-9-20-36-27-14-10-13-26(31)25(27)21-23(29(33)34)12-7-5-4-6-11-22-16-18-24(35-3)19-17-22/h10,14,16-19,23H,4-9,11-13,15,20-21H2,1-3H3,(H,33,34). The lowest BCUT2D eigenvalue weighted by atomic mass is 9.88. The molecule has 1 aliphatic rings. The van der Waals surface area contributed by atoms with Crippen LogP contribution in [-0.2, 0) is 25.5 Å². The van der Waals surface area contributed by atoms with Gasteiger partial charge in [-0.15, -0.1) is 0 Å². The van der Waals surface area contributed by atoms with Crippen molar-refractivity contribution in [2.24, 2.45) is 5.92 Å². The number of carboxylic acid groups (broad SMARTS) is 1. The third kappa shape index (κ3) is 10.3. The average molecular weight is 500 g/mol. The fourth-order valence-electron chi connectivity index (χ4n) is 4.19. The minimum atomic E-state index is -0.871. The summed E-state index contributed by atoms with van der Waals surface area (Å²) in [5, 5.41) is 9.77. The van der Waals surface area contributed by atoms with E-state index in [9.17, 15) is 19.5 Å². The van der Waals surface area contributed by atoms with Crippen LogP contribution in [0.4, 0.5) is 0 Å². The van der Waals surface area contributed by atoms with Crippen molar-refractivity contribution in [1.29, 1.82) is 0 Å². The van der Waals surface area contributed by atoms with Gasteiger partial charge in [0.2, 0.25) is 5.91 Å². The van der Waals surface area contributed by atoms with Crippen LogP contribution in [0.5, 0.6) is 5.75 Å². The number of aryl methyl sites for hydroxylation is 1. The maximum Gasteiger partial charge on any atom is 0.306 e. The number of benzene rings is 1. The van der Waals surface area contributed by atoms with Crippen LogP contribution in [-0.4, -0.2) is 55.5 Å². The van der Waals surface area contributed by atoms with E-state index in [0.29, 0.717) is 43.6 Å². The second-order valence-corrected chi connectivity index (χ2v) is 9.51. The summed E-state index contributed by atoms with van der Waals surface area (Å²) in [6.07, 6.45) is 11.2. The quantitative estimate of drug-likeness (QED) is 0.291. The molecule has 1 aromatic rings. The van der Waals surface area contributed by atoms with E-state index in [4.69, 9.17) is 9.47 Å². The van der Waals surface area contributed by atoms with Crippen LogP contribution in [0.2, 0.25) is 0 Å². The smallest absolute Gasteiger partial charge is 0.306 e. The molecule has 1 aromatic carbocycles. The Kier molecular flexibility index (Phi) is 12.8. The molecule has 1 N–H and O–H groups in total. The van der Waals surface area contributed by atoms with Crippen molar-refractivity contribution in [3.8, 4) is 5.75 Å². The molecule has 0 aliphatic heterocycles. The Balaban J connectivity index is 1.78. The van der Waals surface area contributed by atoms with E-state index in [0.717, 1.165) is 37.9 Å². The predicted molar refractivity (Wildman–Crippen MR) is 140 cm³/mol. The van der Waals surface area contributed by atoms with Gasteiger partial charge < -0.3 is 19.5 Å². The molecule has 198 valence electrons. The Labute approximate surface area is 215 Å². The third-order valence-corrected chi connectivity index (χ3v) is 6.47. The van der Waals surface area contributed by atoms with Crippen molar-refractivity contribution >= 4 is 17.7 Å². The van der Waals surface area contributed by atoms with Gasteiger partial charge >= 0.3 is 5.97 Å². The van der Waals surface area contributed by atoms with Crippen LogP contribution in [0.15, 0.2) is 47.7 Å². The third-order valence-electron chi connectivity index (χ3n) is 6.47. The topological polar surface area (TPSA) is 93.1 Å². The molecule has 0 heterocycles. The number of amides is 1. The minimum absolute atomic E-state index is 0.0685. The van der Waals surface area contributed by atoms with Crippen LogP contribution >= 0.6 is 0 Å². The predicted octanol–water partition coefficient (Wildman–Crippen LogP) is 5.34. The molecule has 0 saturated carbocycles. The Bertz CT molecular complexity index is 916. The zero-order valence-electron chi connectivity index (χ0n) is 22.0. The van der Waals surface area contributed by atoms with Crippen LogP contribution in [0.1, 0.15) is 69.8 Å². The molecular weight excluding hydrogens is 458 g/mol. The number of allylic oxidation sites excluding steroid dienone is 3. The number of ether oxygens (including phenoxy) is 2. The van der Waals surface area contributed by atoms with E-state index in [1.165, 1.54) is 5.56 Å². The molecule has 0 spiro atoms. The first-order chi connectivity index (χ1) is 17.3. The molecule has 1 atom stereocenters. The van der Waals surface area contributed by atoms with Crippen molar-refractivity contribution in [2.75, 3.05) is 27.8 Å². The van der Waals surface area contributed by atoms with E-state index in [-0.39, 0.29) is 24.5 Å². The second kappa shape index (κ2) is 15.8. The highest BCUT2D eigenvalue weighted by Crippen LogP contribution is 2.27. The number of carbonyl (C=O) groups is 3. The van der Waals surface area contributed by atoms with Crippen LogP contribution in [0.25, 0.3) is 0 Å². The number of carboxylic acids is 1. The molecule has 0 fully saturated rings. The van der Waals surface area contributed by atoms with Gasteiger partial charge in [0.25, 0.3) is 0 Å². The van der Waals surface area contributed by atoms with E-state index >= 15 is 0 Å². The lowest BCUT2D eigenvalue weighted by Gasteiger charge is -2.19. The normalized spacial score (nSPS) is 14.0. The highest BCUT2D eigenvalue weighted by molar-refractivity contribution is 5.98. The number of methoxy groups -OCH3 is 1. The van der Waals surface area contributed by atoms with E-state index in [2.05, 4.69) is 12.1 Å². The molecule has 1 amide bonds.